The lowest BCUT2D eigenvalue weighted by atomic mass is 10.1. The van der Waals surface area contributed by atoms with E-state index in [4.69, 9.17) is 0 Å². The van der Waals surface area contributed by atoms with Crippen LogP contribution >= 0.6 is 11.3 Å². The molecule has 0 amide bonds. The van der Waals surface area contributed by atoms with E-state index in [1.807, 2.05) is 19.9 Å². The Morgan fingerprint density at radius 2 is 2.15 bits per heavy atom. The molecule has 20 heavy (non-hydrogen) atoms. The molecule has 2 rings (SSSR count). The molecular weight excluding hydrogens is 294 g/mol. The summed E-state index contributed by atoms with van der Waals surface area (Å²) in [5, 5.41) is 5.31. The van der Waals surface area contributed by atoms with Gasteiger partial charge in [0.1, 0.15) is 0 Å². The Kier molecular flexibility index (Phi) is 4.74. The van der Waals surface area contributed by atoms with E-state index in [9.17, 15) is 8.42 Å². The van der Waals surface area contributed by atoms with Crippen LogP contribution < -0.4 is 10.0 Å². The Hall–Kier alpha value is -1.44. The highest BCUT2D eigenvalue weighted by Crippen LogP contribution is 2.22. The number of hydrogen-bond donors (Lipinski definition) is 2. The molecule has 108 valence electrons. The van der Waals surface area contributed by atoms with Gasteiger partial charge in [-0.25, -0.2) is 13.4 Å². The molecule has 0 radical (unpaired) electrons. The van der Waals surface area contributed by atoms with Crippen LogP contribution in [0.3, 0.4) is 0 Å². The number of hydrogen-bond acceptors (Lipinski definition) is 5. The summed E-state index contributed by atoms with van der Waals surface area (Å²) < 4.78 is 27.3. The summed E-state index contributed by atoms with van der Waals surface area (Å²) in [5.41, 5.74) is 1.74. The van der Waals surface area contributed by atoms with Crippen LogP contribution in [0, 0.1) is 6.92 Å². The predicted octanol–water partition coefficient (Wildman–Crippen LogP) is 2.36. The standard InChI is InChI=1S/C13H17N3O2S2/c1-3-14-9-11-5-4-6-12(10(11)2)20(17,18)16-13-15-7-8-19-13/h4-8,14H,3,9H2,1-2H3,(H,15,16). The van der Waals surface area contributed by atoms with E-state index >= 15 is 0 Å². The van der Waals surface area contributed by atoms with E-state index in [1.165, 1.54) is 11.3 Å². The van der Waals surface area contributed by atoms with Gasteiger partial charge in [-0.3, -0.25) is 4.72 Å². The van der Waals surface area contributed by atoms with Gasteiger partial charge in [-0.2, -0.15) is 0 Å². The summed E-state index contributed by atoms with van der Waals surface area (Å²) in [5.74, 6) is 0. The van der Waals surface area contributed by atoms with Crippen molar-refractivity contribution in [2.75, 3.05) is 11.3 Å². The monoisotopic (exact) mass is 311 g/mol. The van der Waals surface area contributed by atoms with Crippen molar-refractivity contribution < 1.29 is 8.42 Å². The Balaban J connectivity index is 2.32. The number of anilines is 1. The molecule has 0 saturated carbocycles. The molecule has 2 aromatic rings. The summed E-state index contributed by atoms with van der Waals surface area (Å²) in [6.07, 6.45) is 1.57. The zero-order chi connectivity index (χ0) is 14.6. The minimum atomic E-state index is -3.59. The minimum absolute atomic E-state index is 0.295. The quantitative estimate of drug-likeness (QED) is 0.859. The predicted molar refractivity (Wildman–Crippen MR) is 81.5 cm³/mol. The molecule has 0 atom stereocenters. The van der Waals surface area contributed by atoms with Crippen molar-refractivity contribution in [3.05, 3.63) is 40.9 Å². The van der Waals surface area contributed by atoms with Crippen LogP contribution in [0.2, 0.25) is 0 Å². The molecule has 0 aliphatic carbocycles. The van der Waals surface area contributed by atoms with E-state index < -0.39 is 10.0 Å². The highest BCUT2D eigenvalue weighted by atomic mass is 32.2. The third-order valence-corrected chi connectivity index (χ3v) is 5.21. The number of nitrogens with zero attached hydrogens (tertiary/aromatic N) is 1. The van der Waals surface area contributed by atoms with Crippen LogP contribution in [0.1, 0.15) is 18.1 Å². The van der Waals surface area contributed by atoms with E-state index in [2.05, 4.69) is 15.0 Å². The number of benzene rings is 1. The van der Waals surface area contributed by atoms with E-state index in [-0.39, 0.29) is 0 Å². The van der Waals surface area contributed by atoms with Crippen molar-refractivity contribution in [3.8, 4) is 0 Å². The molecule has 0 aliphatic rings. The van der Waals surface area contributed by atoms with Gasteiger partial charge in [0.25, 0.3) is 10.0 Å². The van der Waals surface area contributed by atoms with Crippen LogP contribution in [0.25, 0.3) is 0 Å². The molecule has 0 bridgehead atoms. The van der Waals surface area contributed by atoms with Gasteiger partial charge < -0.3 is 5.32 Å². The minimum Gasteiger partial charge on any atom is -0.313 e. The third kappa shape index (κ3) is 3.36. The second-order valence-electron chi connectivity index (χ2n) is 4.26. The zero-order valence-corrected chi connectivity index (χ0v) is 13.0. The molecule has 1 aromatic carbocycles. The largest absolute Gasteiger partial charge is 0.313 e. The Morgan fingerprint density at radius 3 is 2.80 bits per heavy atom. The first kappa shape index (κ1) is 15.0. The lowest BCUT2D eigenvalue weighted by molar-refractivity contribution is 0.600. The molecule has 2 N–H and O–H groups in total. The fourth-order valence-corrected chi connectivity index (χ4v) is 3.92. The molecule has 0 fully saturated rings. The van der Waals surface area contributed by atoms with Gasteiger partial charge in [-0.1, -0.05) is 19.1 Å². The normalized spacial score (nSPS) is 11.5. The highest BCUT2D eigenvalue weighted by Gasteiger charge is 2.19. The first-order chi connectivity index (χ1) is 9.54. The maximum Gasteiger partial charge on any atom is 0.263 e. The molecular formula is C13H17N3O2S2. The number of aromatic nitrogens is 1. The molecule has 0 saturated heterocycles. The number of sulfonamides is 1. The molecule has 1 heterocycles. The summed E-state index contributed by atoms with van der Waals surface area (Å²) in [6, 6.07) is 5.30. The Bertz CT molecular complexity index is 667. The first-order valence-electron chi connectivity index (χ1n) is 6.26. The lowest BCUT2D eigenvalue weighted by Gasteiger charge is -2.12. The van der Waals surface area contributed by atoms with Gasteiger partial charge in [0.15, 0.2) is 5.13 Å². The summed E-state index contributed by atoms with van der Waals surface area (Å²) in [6.45, 7) is 5.33. The van der Waals surface area contributed by atoms with Crippen LogP contribution in [0.5, 0.6) is 0 Å². The van der Waals surface area contributed by atoms with Crippen molar-refractivity contribution in [2.24, 2.45) is 0 Å². The second kappa shape index (κ2) is 6.34. The van der Waals surface area contributed by atoms with Crippen molar-refractivity contribution in [2.45, 2.75) is 25.3 Å². The maximum absolute atomic E-state index is 12.4. The van der Waals surface area contributed by atoms with Crippen molar-refractivity contribution in [1.82, 2.24) is 10.3 Å². The smallest absolute Gasteiger partial charge is 0.263 e. The molecule has 0 aliphatic heterocycles. The Morgan fingerprint density at radius 1 is 1.35 bits per heavy atom. The molecule has 7 heteroatoms. The van der Waals surface area contributed by atoms with Crippen LogP contribution in [0.15, 0.2) is 34.7 Å². The summed E-state index contributed by atoms with van der Waals surface area (Å²) in [7, 11) is -3.59. The van der Waals surface area contributed by atoms with Gasteiger partial charge >= 0.3 is 0 Å². The van der Waals surface area contributed by atoms with Crippen LogP contribution in [0.4, 0.5) is 5.13 Å². The molecule has 5 nitrogen and oxygen atoms in total. The topological polar surface area (TPSA) is 71.1 Å². The average Bonchev–Trinajstić information content (AvgIpc) is 2.89. The van der Waals surface area contributed by atoms with E-state index in [1.54, 1.807) is 23.7 Å². The fraction of sp³-hybridized carbons (Fsp3) is 0.308. The fourth-order valence-electron chi connectivity index (χ4n) is 1.85. The van der Waals surface area contributed by atoms with Gasteiger partial charge in [0.2, 0.25) is 0 Å². The van der Waals surface area contributed by atoms with E-state index in [0.717, 1.165) is 17.7 Å². The van der Waals surface area contributed by atoms with Gasteiger partial charge in [0, 0.05) is 18.1 Å². The SMILES string of the molecule is CCNCc1cccc(S(=O)(=O)Nc2nccs2)c1C. The van der Waals surface area contributed by atoms with Crippen molar-refractivity contribution >= 4 is 26.5 Å². The second-order valence-corrected chi connectivity index (χ2v) is 6.81. The lowest BCUT2D eigenvalue weighted by Crippen LogP contribution is -2.17. The molecule has 0 spiro atoms. The van der Waals surface area contributed by atoms with Gasteiger partial charge in [-0.05, 0) is 30.7 Å². The summed E-state index contributed by atoms with van der Waals surface area (Å²) >= 11 is 1.25. The van der Waals surface area contributed by atoms with Crippen LogP contribution in [-0.4, -0.2) is 19.9 Å². The van der Waals surface area contributed by atoms with Gasteiger partial charge in [-0.15, -0.1) is 11.3 Å². The average molecular weight is 311 g/mol. The molecule has 0 unspecified atom stereocenters. The Labute approximate surface area is 123 Å². The van der Waals surface area contributed by atoms with E-state index in [0.29, 0.717) is 16.6 Å². The molecule has 1 aromatic heterocycles. The number of rotatable bonds is 6. The third-order valence-electron chi connectivity index (χ3n) is 2.91. The number of thiazole rings is 1. The highest BCUT2D eigenvalue weighted by molar-refractivity contribution is 7.93. The van der Waals surface area contributed by atoms with Crippen molar-refractivity contribution in [1.29, 1.82) is 0 Å². The summed E-state index contributed by atoms with van der Waals surface area (Å²) in [4.78, 5) is 4.24. The van der Waals surface area contributed by atoms with Gasteiger partial charge in [0.05, 0.1) is 4.90 Å². The van der Waals surface area contributed by atoms with Crippen molar-refractivity contribution in [3.63, 3.8) is 0 Å². The first-order valence-corrected chi connectivity index (χ1v) is 8.62. The zero-order valence-electron chi connectivity index (χ0n) is 11.4. The maximum atomic E-state index is 12.4. The number of nitrogens with one attached hydrogen (secondary N) is 2. The van der Waals surface area contributed by atoms with Crippen LogP contribution in [-0.2, 0) is 16.6 Å².